The molecule has 0 saturated heterocycles. The van der Waals surface area contributed by atoms with Crippen LogP contribution in [0.1, 0.15) is 16.9 Å². The highest BCUT2D eigenvalue weighted by atomic mass is 35.5. The van der Waals surface area contributed by atoms with Crippen LogP contribution in [0.15, 0.2) is 30.9 Å². The fraction of sp³-hybridized carbons (Fsp3) is 0.333. The lowest BCUT2D eigenvalue weighted by Gasteiger charge is -2.26. The zero-order chi connectivity index (χ0) is 21.5. The number of nitrogens with one attached hydrogen (secondary N) is 1. The summed E-state index contributed by atoms with van der Waals surface area (Å²) < 4.78 is 1.72. The van der Waals surface area contributed by atoms with E-state index in [0.717, 1.165) is 40.1 Å². The number of aryl methyl sites for hydroxylation is 1. The van der Waals surface area contributed by atoms with Crippen molar-refractivity contribution in [2.24, 2.45) is 5.92 Å². The molecule has 160 valence electrons. The first-order valence-electron chi connectivity index (χ1n) is 10.1. The molecule has 0 fully saturated rings. The highest BCUT2D eigenvalue weighted by Crippen LogP contribution is 2.41. The lowest BCUT2D eigenvalue weighted by atomic mass is 9.87. The Bertz CT molecular complexity index is 1290. The Morgan fingerprint density at radius 2 is 2.29 bits per heavy atom. The van der Waals surface area contributed by atoms with Gasteiger partial charge in [0.2, 0.25) is 5.91 Å². The van der Waals surface area contributed by atoms with Crippen molar-refractivity contribution in [2.45, 2.75) is 19.3 Å². The Labute approximate surface area is 187 Å². The van der Waals surface area contributed by atoms with Crippen molar-refractivity contribution in [1.82, 2.24) is 24.5 Å². The number of carbonyl (C=O) groups is 1. The van der Waals surface area contributed by atoms with Crippen molar-refractivity contribution in [3.05, 3.63) is 46.3 Å². The van der Waals surface area contributed by atoms with E-state index in [4.69, 9.17) is 16.7 Å². The third-order valence-corrected chi connectivity index (χ3v) is 7.33. The van der Waals surface area contributed by atoms with Gasteiger partial charge in [-0.2, -0.15) is 5.10 Å². The Morgan fingerprint density at radius 1 is 1.42 bits per heavy atom. The minimum absolute atomic E-state index is 0.0264. The van der Waals surface area contributed by atoms with E-state index in [2.05, 4.69) is 20.4 Å². The van der Waals surface area contributed by atoms with Crippen molar-refractivity contribution in [1.29, 1.82) is 0 Å². The van der Waals surface area contributed by atoms with Crippen molar-refractivity contribution in [3.8, 4) is 0 Å². The van der Waals surface area contributed by atoms with Gasteiger partial charge in [-0.05, 0) is 37.0 Å². The molecule has 8 nitrogen and oxygen atoms in total. The number of likely N-dealkylation sites (N-methyl/N-ethyl adjacent to an activating group) is 1. The number of aromatic nitrogens is 4. The second-order valence-electron chi connectivity index (χ2n) is 7.66. The molecular formula is C21H21ClN6O2S. The average Bonchev–Trinajstić information content (AvgIpc) is 3.40. The minimum Gasteiger partial charge on any atom is -0.395 e. The fourth-order valence-electron chi connectivity index (χ4n) is 4.17. The number of amides is 1. The van der Waals surface area contributed by atoms with Gasteiger partial charge < -0.3 is 15.3 Å². The molecule has 2 N–H and O–H groups in total. The number of hydrogen-bond donors (Lipinski definition) is 2. The van der Waals surface area contributed by atoms with Crippen LogP contribution in [0.25, 0.3) is 15.7 Å². The molecule has 0 saturated carbocycles. The number of rotatable bonds is 5. The normalized spacial score (nSPS) is 15.9. The Hall–Kier alpha value is -2.75. The summed E-state index contributed by atoms with van der Waals surface area (Å²) in [5.74, 6) is 0.734. The van der Waals surface area contributed by atoms with Gasteiger partial charge in [0.25, 0.3) is 0 Å². The summed E-state index contributed by atoms with van der Waals surface area (Å²) in [6.45, 7) is 0.331. The van der Waals surface area contributed by atoms with E-state index in [-0.39, 0.29) is 18.4 Å². The van der Waals surface area contributed by atoms with E-state index in [1.807, 2.05) is 18.3 Å². The molecule has 1 amide bonds. The Kier molecular flexibility index (Phi) is 5.25. The topological polar surface area (TPSA) is 95.6 Å². The molecule has 0 spiro atoms. The largest absolute Gasteiger partial charge is 0.395 e. The minimum atomic E-state index is -0.0693. The molecule has 0 aliphatic heterocycles. The van der Waals surface area contributed by atoms with E-state index < -0.39 is 0 Å². The number of aliphatic hydroxyl groups excluding tert-OH is 1. The molecule has 31 heavy (non-hydrogen) atoms. The molecule has 1 aliphatic rings. The van der Waals surface area contributed by atoms with Crippen LogP contribution < -0.4 is 5.32 Å². The van der Waals surface area contributed by atoms with Gasteiger partial charge in [0.15, 0.2) is 0 Å². The molecule has 10 heteroatoms. The van der Waals surface area contributed by atoms with Gasteiger partial charge in [-0.15, -0.1) is 11.3 Å². The maximum absolute atomic E-state index is 12.7. The predicted octanol–water partition coefficient (Wildman–Crippen LogP) is 3.29. The number of carbonyl (C=O) groups excluding carboxylic acids is 1. The number of halogens is 1. The molecular weight excluding hydrogens is 436 g/mol. The molecule has 1 unspecified atom stereocenters. The monoisotopic (exact) mass is 456 g/mol. The highest BCUT2D eigenvalue weighted by Gasteiger charge is 2.30. The second-order valence-corrected chi connectivity index (χ2v) is 9.12. The van der Waals surface area contributed by atoms with Crippen LogP contribution in [-0.4, -0.2) is 55.7 Å². The van der Waals surface area contributed by atoms with Gasteiger partial charge in [0.05, 0.1) is 34.4 Å². The van der Waals surface area contributed by atoms with Crippen LogP contribution >= 0.6 is 22.9 Å². The van der Waals surface area contributed by atoms with E-state index >= 15 is 0 Å². The summed E-state index contributed by atoms with van der Waals surface area (Å²) in [5, 5.41) is 18.3. The van der Waals surface area contributed by atoms with E-state index in [1.54, 1.807) is 40.3 Å². The summed E-state index contributed by atoms with van der Waals surface area (Å²) in [6, 6.07) is 3.74. The Morgan fingerprint density at radius 3 is 3.13 bits per heavy atom. The zero-order valence-electron chi connectivity index (χ0n) is 16.9. The first kappa shape index (κ1) is 20.2. The summed E-state index contributed by atoms with van der Waals surface area (Å²) in [7, 11) is 1.74. The maximum atomic E-state index is 12.7. The summed E-state index contributed by atoms with van der Waals surface area (Å²) >= 11 is 8.21. The molecule has 0 bridgehead atoms. The summed E-state index contributed by atoms with van der Waals surface area (Å²) in [6.07, 6.45) is 7.35. The van der Waals surface area contributed by atoms with Crippen molar-refractivity contribution in [2.75, 3.05) is 25.5 Å². The van der Waals surface area contributed by atoms with Crippen LogP contribution in [0.5, 0.6) is 0 Å². The van der Waals surface area contributed by atoms with Gasteiger partial charge in [-0.1, -0.05) is 11.6 Å². The Balaban J connectivity index is 1.48. The first-order chi connectivity index (χ1) is 15.1. The third kappa shape index (κ3) is 3.52. The van der Waals surface area contributed by atoms with Crippen molar-refractivity contribution < 1.29 is 9.90 Å². The molecule has 0 aromatic carbocycles. The standard InChI is InChI=1S/C21H21ClN6O2S/c1-27(8-9-29)21(30)12-2-3-13-16(10-12)31-20-17(13)19(23-11-24-20)26-14-5-7-28-15(18(14)22)4-6-25-28/h4-7,11-12,29H,2-3,8-10H2,1H3,(H,23,24,26). The molecule has 1 aliphatic carbocycles. The SMILES string of the molecule is CN(CCO)C(=O)C1CCc2c(sc3ncnc(Nc4ccn5nccc5c4Cl)c23)C1. The van der Waals surface area contributed by atoms with Crippen LogP contribution in [-0.2, 0) is 17.6 Å². The van der Waals surface area contributed by atoms with Crippen molar-refractivity contribution >= 4 is 56.1 Å². The van der Waals surface area contributed by atoms with E-state index in [1.165, 1.54) is 10.4 Å². The zero-order valence-corrected chi connectivity index (χ0v) is 18.4. The third-order valence-electron chi connectivity index (χ3n) is 5.77. The van der Waals surface area contributed by atoms with Gasteiger partial charge in [-0.25, -0.2) is 14.5 Å². The number of anilines is 2. The number of pyridine rings is 1. The number of hydrogen-bond acceptors (Lipinski definition) is 7. The summed E-state index contributed by atoms with van der Waals surface area (Å²) in [5.41, 5.74) is 2.78. The smallest absolute Gasteiger partial charge is 0.225 e. The van der Waals surface area contributed by atoms with Crippen LogP contribution in [0.2, 0.25) is 5.02 Å². The predicted molar refractivity (Wildman–Crippen MR) is 121 cm³/mol. The fourth-order valence-corrected chi connectivity index (χ4v) is 5.70. The average molecular weight is 457 g/mol. The highest BCUT2D eigenvalue weighted by molar-refractivity contribution is 7.19. The number of fused-ring (bicyclic) bond motifs is 4. The summed E-state index contributed by atoms with van der Waals surface area (Å²) in [4.78, 5) is 25.4. The van der Waals surface area contributed by atoms with Gasteiger partial charge >= 0.3 is 0 Å². The van der Waals surface area contributed by atoms with Gasteiger partial charge in [0, 0.05) is 30.6 Å². The molecule has 1 atom stereocenters. The van der Waals surface area contributed by atoms with Crippen LogP contribution in [0, 0.1) is 5.92 Å². The lowest BCUT2D eigenvalue weighted by molar-refractivity contribution is -0.135. The van der Waals surface area contributed by atoms with E-state index in [9.17, 15) is 4.79 Å². The van der Waals surface area contributed by atoms with Crippen molar-refractivity contribution in [3.63, 3.8) is 0 Å². The maximum Gasteiger partial charge on any atom is 0.225 e. The van der Waals surface area contributed by atoms with Crippen LogP contribution in [0.4, 0.5) is 11.5 Å². The number of aliphatic hydroxyl groups is 1. The van der Waals surface area contributed by atoms with Gasteiger partial charge in [0.1, 0.15) is 17.0 Å². The molecule has 5 rings (SSSR count). The van der Waals surface area contributed by atoms with Gasteiger partial charge in [-0.3, -0.25) is 4.79 Å². The number of thiophene rings is 1. The molecule has 4 aromatic heterocycles. The number of nitrogens with zero attached hydrogens (tertiary/aromatic N) is 5. The van der Waals surface area contributed by atoms with E-state index in [0.29, 0.717) is 18.0 Å². The second kappa shape index (κ2) is 8.07. The molecule has 0 radical (unpaired) electrons. The lowest BCUT2D eigenvalue weighted by Crippen LogP contribution is -2.37. The molecule has 4 aromatic rings. The molecule has 4 heterocycles. The quantitative estimate of drug-likeness (QED) is 0.478. The van der Waals surface area contributed by atoms with Crippen LogP contribution in [0.3, 0.4) is 0 Å². The first-order valence-corrected chi connectivity index (χ1v) is 11.3.